The number of carboxylic acids is 1. The molecule has 5 heteroatoms. The van der Waals surface area contributed by atoms with Crippen molar-refractivity contribution in [3.8, 4) is 0 Å². The monoisotopic (exact) mass is 215 g/mol. The highest BCUT2D eigenvalue weighted by atomic mass is 79.9. The maximum absolute atomic E-state index is 10.0. The van der Waals surface area contributed by atoms with Crippen molar-refractivity contribution in [1.82, 2.24) is 0 Å². The molecule has 0 unspecified atom stereocenters. The first kappa shape index (κ1) is 16.5. The van der Waals surface area contributed by atoms with E-state index < -0.39 is 12.0 Å². The zero-order valence-electron chi connectivity index (χ0n) is 6.00. The van der Waals surface area contributed by atoms with E-state index in [9.17, 15) is 4.79 Å². The summed E-state index contributed by atoms with van der Waals surface area (Å²) in [6.45, 7) is 3.55. The molecule has 0 aromatic rings. The molecule has 0 saturated carbocycles. The summed E-state index contributed by atoms with van der Waals surface area (Å²) in [6.07, 6.45) is 0. The van der Waals surface area contributed by atoms with Crippen LogP contribution >= 0.6 is 17.0 Å². The van der Waals surface area contributed by atoms with Crippen LogP contribution in [0.25, 0.3) is 0 Å². The van der Waals surface area contributed by atoms with E-state index in [4.69, 9.17) is 10.8 Å². The number of hydrogen-bond acceptors (Lipinski definition) is 2. The smallest absolute Gasteiger partial charge is 0.320 e. The van der Waals surface area contributed by atoms with Crippen LogP contribution in [0.1, 0.15) is 13.8 Å². The molecule has 0 aliphatic heterocycles. The van der Waals surface area contributed by atoms with Gasteiger partial charge in [-0.05, 0) is 5.92 Å². The average Bonchev–Trinajstić information content (AvgIpc) is 1.64. The van der Waals surface area contributed by atoms with E-state index in [2.05, 4.69) is 0 Å². The van der Waals surface area contributed by atoms with Gasteiger partial charge in [-0.1, -0.05) is 13.8 Å². The maximum atomic E-state index is 10.0. The van der Waals surface area contributed by atoms with Crippen LogP contribution in [0, 0.1) is 5.92 Å². The Morgan fingerprint density at radius 1 is 1.50 bits per heavy atom. The maximum Gasteiger partial charge on any atom is 0.320 e. The number of carboxylic acid groups (broad SMARTS) is 1. The molecular formula is C5H14BrNO3. The van der Waals surface area contributed by atoms with E-state index in [0.717, 1.165) is 0 Å². The van der Waals surface area contributed by atoms with Gasteiger partial charge in [-0.2, -0.15) is 0 Å². The summed E-state index contributed by atoms with van der Waals surface area (Å²) < 4.78 is 0. The van der Waals surface area contributed by atoms with Gasteiger partial charge >= 0.3 is 5.97 Å². The Bertz CT molecular complexity index is 96.9. The first-order chi connectivity index (χ1) is 3.55. The summed E-state index contributed by atoms with van der Waals surface area (Å²) in [5, 5.41) is 8.23. The molecule has 0 aliphatic carbocycles. The van der Waals surface area contributed by atoms with Crippen LogP contribution in [0.4, 0.5) is 0 Å². The average molecular weight is 216 g/mol. The van der Waals surface area contributed by atoms with Crippen LogP contribution < -0.4 is 5.73 Å². The predicted octanol–water partition coefficient (Wildman–Crippen LogP) is -0.193. The van der Waals surface area contributed by atoms with Crippen LogP contribution in [-0.2, 0) is 4.79 Å². The molecule has 10 heavy (non-hydrogen) atoms. The molecule has 0 radical (unpaired) electrons. The van der Waals surface area contributed by atoms with Gasteiger partial charge in [0.05, 0.1) is 0 Å². The highest BCUT2D eigenvalue weighted by molar-refractivity contribution is 8.93. The van der Waals surface area contributed by atoms with E-state index in [0.29, 0.717) is 0 Å². The van der Waals surface area contributed by atoms with E-state index in [1.807, 2.05) is 0 Å². The summed E-state index contributed by atoms with van der Waals surface area (Å²) in [7, 11) is 0. The van der Waals surface area contributed by atoms with Gasteiger partial charge in [0.25, 0.3) is 0 Å². The van der Waals surface area contributed by atoms with E-state index >= 15 is 0 Å². The lowest BCUT2D eigenvalue weighted by Gasteiger charge is -2.07. The van der Waals surface area contributed by atoms with E-state index in [1.165, 1.54) is 0 Å². The van der Waals surface area contributed by atoms with Crippen LogP contribution in [0.5, 0.6) is 0 Å². The second-order valence-corrected chi connectivity index (χ2v) is 2.11. The highest BCUT2D eigenvalue weighted by Gasteiger charge is 2.14. The lowest BCUT2D eigenvalue weighted by molar-refractivity contribution is -0.139. The molecule has 1 atom stereocenters. The quantitative estimate of drug-likeness (QED) is 0.669. The first-order valence-corrected chi connectivity index (χ1v) is 2.54. The van der Waals surface area contributed by atoms with Gasteiger partial charge in [0, 0.05) is 0 Å². The molecule has 0 rings (SSSR count). The van der Waals surface area contributed by atoms with Gasteiger partial charge < -0.3 is 16.3 Å². The minimum Gasteiger partial charge on any atom is -0.480 e. The zero-order valence-corrected chi connectivity index (χ0v) is 7.71. The van der Waals surface area contributed by atoms with Crippen LogP contribution in [0.2, 0.25) is 0 Å². The second-order valence-electron chi connectivity index (χ2n) is 2.11. The Morgan fingerprint density at radius 2 is 1.80 bits per heavy atom. The molecule has 64 valence electrons. The molecule has 5 N–H and O–H groups in total. The summed E-state index contributed by atoms with van der Waals surface area (Å²) >= 11 is 0. The van der Waals surface area contributed by atoms with Crippen molar-refractivity contribution in [3.63, 3.8) is 0 Å². The molecule has 4 nitrogen and oxygen atoms in total. The minimum atomic E-state index is -0.931. The molecule has 0 aromatic carbocycles. The lowest BCUT2D eigenvalue weighted by atomic mass is 10.1. The van der Waals surface area contributed by atoms with Crippen LogP contribution in [0.15, 0.2) is 0 Å². The predicted molar refractivity (Wildman–Crippen MR) is 44.4 cm³/mol. The number of nitrogens with two attached hydrogens (primary N) is 1. The van der Waals surface area contributed by atoms with Gasteiger partial charge in [0.2, 0.25) is 0 Å². The second kappa shape index (κ2) is 6.98. The summed E-state index contributed by atoms with van der Waals surface area (Å²) in [4.78, 5) is 10.0. The number of hydrogen-bond donors (Lipinski definition) is 2. The van der Waals surface area contributed by atoms with Gasteiger partial charge in [0.15, 0.2) is 0 Å². The molecule has 0 saturated heterocycles. The van der Waals surface area contributed by atoms with Gasteiger partial charge in [-0.25, -0.2) is 0 Å². The number of halogens is 1. The van der Waals surface area contributed by atoms with Crippen LogP contribution in [-0.4, -0.2) is 22.6 Å². The Balaban J connectivity index is -0.000000245. The topological polar surface area (TPSA) is 94.8 Å². The Labute approximate surface area is 70.5 Å². The fraction of sp³-hybridized carbons (Fsp3) is 0.800. The standard InChI is InChI=1S/C5H11NO2.BrH.H2O/c1-3(2)4(6)5(7)8;;/h3-4H,6H2,1-2H3,(H,7,8);1H;1H2/t4-;;/m0../s1. The van der Waals surface area contributed by atoms with Gasteiger partial charge in [0.1, 0.15) is 6.04 Å². The number of carbonyl (C=O) groups is 1. The third kappa shape index (κ3) is 6.00. The Kier molecular flexibility index (Phi) is 11.5. The molecule has 0 aliphatic rings. The van der Waals surface area contributed by atoms with Crippen LogP contribution in [0.3, 0.4) is 0 Å². The molecule has 0 aromatic heterocycles. The zero-order chi connectivity index (χ0) is 6.73. The third-order valence-corrected chi connectivity index (χ3v) is 1.00. The summed E-state index contributed by atoms with van der Waals surface area (Å²) in [6, 6.07) is -0.713. The molecule has 0 spiro atoms. The minimum absolute atomic E-state index is 0. The SMILES string of the molecule is Br.CC(C)[C@H](N)C(=O)O.O. The number of rotatable bonds is 2. The molecule has 0 amide bonds. The van der Waals surface area contributed by atoms with Crippen molar-refractivity contribution in [3.05, 3.63) is 0 Å². The number of aliphatic carboxylic acids is 1. The van der Waals surface area contributed by atoms with E-state index in [1.54, 1.807) is 13.8 Å². The Morgan fingerprint density at radius 3 is 1.80 bits per heavy atom. The fourth-order valence-corrected chi connectivity index (χ4v) is 0.285. The lowest BCUT2D eigenvalue weighted by Crippen LogP contribution is -2.34. The first-order valence-electron chi connectivity index (χ1n) is 2.54. The van der Waals surface area contributed by atoms with Crippen molar-refractivity contribution in [2.24, 2.45) is 11.7 Å². The highest BCUT2D eigenvalue weighted by Crippen LogP contribution is 1.96. The van der Waals surface area contributed by atoms with Crippen molar-refractivity contribution in [2.45, 2.75) is 19.9 Å². The van der Waals surface area contributed by atoms with E-state index in [-0.39, 0.29) is 28.4 Å². The van der Waals surface area contributed by atoms with Crippen molar-refractivity contribution >= 4 is 23.0 Å². The van der Waals surface area contributed by atoms with Crippen molar-refractivity contribution < 1.29 is 15.4 Å². The molecular weight excluding hydrogens is 202 g/mol. The third-order valence-electron chi connectivity index (χ3n) is 1.00. The normalized spacial score (nSPS) is 11.2. The Hall–Kier alpha value is -0.130. The summed E-state index contributed by atoms with van der Waals surface area (Å²) in [5.74, 6) is -0.910. The van der Waals surface area contributed by atoms with Gasteiger partial charge in [-0.15, -0.1) is 17.0 Å². The fourth-order valence-electron chi connectivity index (χ4n) is 0.285. The van der Waals surface area contributed by atoms with Gasteiger partial charge in [-0.3, -0.25) is 4.79 Å². The summed E-state index contributed by atoms with van der Waals surface area (Å²) in [5.41, 5.74) is 5.16. The van der Waals surface area contributed by atoms with Crippen molar-refractivity contribution in [2.75, 3.05) is 0 Å². The molecule has 0 heterocycles. The molecule has 0 bridgehead atoms. The largest absolute Gasteiger partial charge is 0.480 e. The molecule has 0 fully saturated rings. The van der Waals surface area contributed by atoms with Crippen molar-refractivity contribution in [1.29, 1.82) is 0 Å².